The molecular weight excluding hydrogens is 276 g/mol. The number of likely N-dealkylation sites (tertiary alicyclic amines) is 1. The van der Waals surface area contributed by atoms with Crippen molar-refractivity contribution in [3.63, 3.8) is 0 Å². The molecule has 7 heteroatoms. The standard InChI is InChI=1S/C14H20N2O5/c17-13(18)7-15-6-10-2-1-5-16(8-10)9-11-3-4-12(21-11)14(19)20/h3-4,10,15H,1-2,5-9H2,(H,17,18)(H,19,20). The predicted octanol–water partition coefficient (Wildman–Crippen LogP) is 0.864. The molecule has 21 heavy (non-hydrogen) atoms. The molecule has 1 fully saturated rings. The van der Waals surface area contributed by atoms with E-state index in [9.17, 15) is 9.59 Å². The average Bonchev–Trinajstić information content (AvgIpc) is 2.87. The summed E-state index contributed by atoms with van der Waals surface area (Å²) in [6.45, 7) is 3.05. The molecule has 0 bridgehead atoms. The quantitative estimate of drug-likeness (QED) is 0.685. The van der Waals surface area contributed by atoms with E-state index in [1.807, 2.05) is 0 Å². The van der Waals surface area contributed by atoms with Gasteiger partial charge in [-0.2, -0.15) is 0 Å². The van der Waals surface area contributed by atoms with E-state index in [0.29, 0.717) is 24.8 Å². The minimum Gasteiger partial charge on any atom is -0.480 e. The van der Waals surface area contributed by atoms with E-state index < -0.39 is 11.9 Å². The molecule has 1 saturated heterocycles. The Morgan fingerprint density at radius 2 is 2.19 bits per heavy atom. The zero-order valence-electron chi connectivity index (χ0n) is 11.7. The van der Waals surface area contributed by atoms with E-state index in [-0.39, 0.29) is 12.3 Å². The molecule has 1 aromatic rings. The fraction of sp³-hybridized carbons (Fsp3) is 0.571. The van der Waals surface area contributed by atoms with E-state index in [1.165, 1.54) is 6.07 Å². The Bertz CT molecular complexity index is 499. The molecule has 3 N–H and O–H groups in total. The minimum atomic E-state index is -1.06. The zero-order chi connectivity index (χ0) is 15.2. The monoisotopic (exact) mass is 296 g/mol. The first kappa shape index (κ1) is 15.5. The first-order valence-electron chi connectivity index (χ1n) is 7.01. The summed E-state index contributed by atoms with van der Waals surface area (Å²) in [4.78, 5) is 23.4. The number of hydrogen-bond acceptors (Lipinski definition) is 5. The van der Waals surface area contributed by atoms with Gasteiger partial charge in [-0.25, -0.2) is 4.79 Å². The van der Waals surface area contributed by atoms with Crippen molar-refractivity contribution in [3.8, 4) is 0 Å². The Hall–Kier alpha value is -1.86. The highest BCUT2D eigenvalue weighted by atomic mass is 16.4. The average molecular weight is 296 g/mol. The first-order chi connectivity index (χ1) is 10.0. The van der Waals surface area contributed by atoms with Crippen LogP contribution in [0.1, 0.15) is 29.2 Å². The van der Waals surface area contributed by atoms with Gasteiger partial charge in [0, 0.05) is 6.54 Å². The Labute approximate surface area is 122 Å². The van der Waals surface area contributed by atoms with Gasteiger partial charge in [0.05, 0.1) is 13.1 Å². The van der Waals surface area contributed by atoms with Crippen molar-refractivity contribution in [2.45, 2.75) is 19.4 Å². The van der Waals surface area contributed by atoms with Gasteiger partial charge in [0.25, 0.3) is 0 Å². The smallest absolute Gasteiger partial charge is 0.371 e. The summed E-state index contributed by atoms with van der Waals surface area (Å²) in [6, 6.07) is 3.16. The van der Waals surface area contributed by atoms with Crippen LogP contribution in [0.4, 0.5) is 0 Å². The Morgan fingerprint density at radius 3 is 2.86 bits per heavy atom. The third kappa shape index (κ3) is 4.87. The van der Waals surface area contributed by atoms with Crippen molar-refractivity contribution < 1.29 is 24.2 Å². The third-order valence-corrected chi connectivity index (χ3v) is 3.56. The fourth-order valence-electron chi connectivity index (χ4n) is 2.64. The number of piperidine rings is 1. The molecule has 1 aliphatic heterocycles. The largest absolute Gasteiger partial charge is 0.480 e. The highest BCUT2D eigenvalue weighted by Gasteiger charge is 2.21. The van der Waals surface area contributed by atoms with Crippen molar-refractivity contribution in [3.05, 3.63) is 23.7 Å². The molecule has 7 nitrogen and oxygen atoms in total. The number of aromatic carboxylic acids is 1. The van der Waals surface area contributed by atoms with Gasteiger partial charge in [-0.1, -0.05) is 0 Å². The number of furan rings is 1. The summed E-state index contributed by atoms with van der Waals surface area (Å²) >= 11 is 0. The lowest BCUT2D eigenvalue weighted by Crippen LogP contribution is -2.40. The number of hydrogen-bond donors (Lipinski definition) is 3. The number of carboxylic acid groups (broad SMARTS) is 2. The normalized spacial score (nSPS) is 19.5. The molecule has 2 heterocycles. The summed E-state index contributed by atoms with van der Waals surface area (Å²) in [5.41, 5.74) is 0. The van der Waals surface area contributed by atoms with Crippen LogP contribution in [0, 0.1) is 5.92 Å². The number of nitrogens with zero attached hydrogens (tertiary/aromatic N) is 1. The Kier molecular flexibility index (Phi) is 5.35. The van der Waals surface area contributed by atoms with Gasteiger partial charge in [-0.3, -0.25) is 9.69 Å². The number of carbonyl (C=O) groups is 2. The van der Waals surface area contributed by atoms with E-state index >= 15 is 0 Å². The summed E-state index contributed by atoms with van der Waals surface area (Å²) in [7, 11) is 0. The minimum absolute atomic E-state index is 0.0172. The van der Waals surface area contributed by atoms with Crippen LogP contribution in [-0.4, -0.2) is 53.2 Å². The molecule has 0 aliphatic carbocycles. The Morgan fingerprint density at radius 1 is 1.38 bits per heavy atom. The molecular formula is C14H20N2O5. The van der Waals surface area contributed by atoms with Crippen molar-refractivity contribution in [2.24, 2.45) is 5.92 Å². The zero-order valence-corrected chi connectivity index (χ0v) is 11.7. The van der Waals surface area contributed by atoms with Crippen LogP contribution < -0.4 is 5.32 Å². The van der Waals surface area contributed by atoms with E-state index in [2.05, 4.69) is 10.2 Å². The molecule has 0 radical (unpaired) electrons. The second-order valence-electron chi connectivity index (χ2n) is 5.34. The van der Waals surface area contributed by atoms with Crippen molar-refractivity contribution >= 4 is 11.9 Å². The number of aliphatic carboxylic acids is 1. The lowest BCUT2D eigenvalue weighted by Gasteiger charge is -2.32. The van der Waals surface area contributed by atoms with Crippen molar-refractivity contribution in [2.75, 3.05) is 26.2 Å². The van der Waals surface area contributed by atoms with Crippen molar-refractivity contribution in [1.82, 2.24) is 10.2 Å². The second kappa shape index (κ2) is 7.24. The van der Waals surface area contributed by atoms with E-state index in [4.69, 9.17) is 14.6 Å². The van der Waals surface area contributed by atoms with Gasteiger partial charge in [0.2, 0.25) is 5.76 Å². The van der Waals surface area contributed by atoms with Crippen LogP contribution in [0.15, 0.2) is 16.5 Å². The topological polar surface area (TPSA) is 103 Å². The molecule has 2 rings (SSSR count). The maximum absolute atomic E-state index is 10.8. The summed E-state index contributed by atoms with van der Waals surface area (Å²) < 4.78 is 5.26. The Balaban J connectivity index is 1.80. The molecule has 1 aromatic heterocycles. The van der Waals surface area contributed by atoms with Crippen LogP contribution in [-0.2, 0) is 11.3 Å². The van der Waals surface area contributed by atoms with Gasteiger partial charge in [0.15, 0.2) is 0 Å². The highest BCUT2D eigenvalue weighted by molar-refractivity contribution is 5.84. The van der Waals surface area contributed by atoms with Gasteiger partial charge in [-0.15, -0.1) is 0 Å². The SMILES string of the molecule is O=C(O)CNCC1CCCN(Cc2ccc(C(=O)O)o2)C1. The molecule has 0 aromatic carbocycles. The van der Waals surface area contributed by atoms with E-state index in [1.54, 1.807) is 6.07 Å². The number of carboxylic acids is 2. The van der Waals surface area contributed by atoms with E-state index in [0.717, 1.165) is 25.9 Å². The molecule has 0 saturated carbocycles. The lowest BCUT2D eigenvalue weighted by atomic mass is 9.98. The molecule has 1 atom stereocenters. The third-order valence-electron chi connectivity index (χ3n) is 3.56. The van der Waals surface area contributed by atoms with Gasteiger partial charge in [0.1, 0.15) is 5.76 Å². The molecule has 0 spiro atoms. The maximum Gasteiger partial charge on any atom is 0.371 e. The van der Waals surface area contributed by atoms with Crippen LogP contribution in [0.2, 0.25) is 0 Å². The lowest BCUT2D eigenvalue weighted by molar-refractivity contribution is -0.136. The summed E-state index contributed by atoms with van der Waals surface area (Å²) in [6.07, 6.45) is 2.12. The first-order valence-corrected chi connectivity index (χ1v) is 7.01. The van der Waals surface area contributed by atoms with Crippen LogP contribution in [0.3, 0.4) is 0 Å². The highest BCUT2D eigenvalue weighted by Crippen LogP contribution is 2.19. The molecule has 0 amide bonds. The van der Waals surface area contributed by atoms with Gasteiger partial charge in [-0.05, 0) is 44.0 Å². The van der Waals surface area contributed by atoms with Gasteiger partial charge >= 0.3 is 11.9 Å². The molecule has 116 valence electrons. The van der Waals surface area contributed by atoms with Gasteiger partial charge < -0.3 is 19.9 Å². The summed E-state index contributed by atoms with van der Waals surface area (Å²) in [5, 5.41) is 20.4. The maximum atomic E-state index is 10.8. The summed E-state index contributed by atoms with van der Waals surface area (Å²) in [5.74, 6) is -0.893. The number of nitrogens with one attached hydrogen (secondary N) is 1. The second-order valence-corrected chi connectivity index (χ2v) is 5.34. The van der Waals surface area contributed by atoms with Crippen LogP contribution in [0.25, 0.3) is 0 Å². The van der Waals surface area contributed by atoms with Crippen LogP contribution >= 0.6 is 0 Å². The fourth-order valence-corrected chi connectivity index (χ4v) is 2.64. The number of rotatable bonds is 7. The predicted molar refractivity (Wildman–Crippen MR) is 74.2 cm³/mol. The van der Waals surface area contributed by atoms with Crippen LogP contribution in [0.5, 0.6) is 0 Å². The molecule has 1 aliphatic rings. The van der Waals surface area contributed by atoms with Crippen molar-refractivity contribution in [1.29, 1.82) is 0 Å². The molecule has 1 unspecified atom stereocenters.